The van der Waals surface area contributed by atoms with E-state index in [1.807, 2.05) is 0 Å². The first-order chi connectivity index (χ1) is 9.63. The van der Waals surface area contributed by atoms with Crippen molar-refractivity contribution in [1.82, 2.24) is 9.80 Å². The van der Waals surface area contributed by atoms with Crippen molar-refractivity contribution in [3.05, 3.63) is 0 Å². The second-order valence-electron chi connectivity index (χ2n) is 6.20. The number of hydrogen-bond acceptors (Lipinski definition) is 5. The van der Waals surface area contributed by atoms with E-state index in [0.29, 0.717) is 0 Å². The molecule has 2 fully saturated rings. The number of thioether (sulfide) groups is 2. The maximum absolute atomic E-state index is 10.4. The van der Waals surface area contributed by atoms with Crippen LogP contribution in [0.25, 0.3) is 0 Å². The Morgan fingerprint density at radius 1 is 0.900 bits per heavy atom. The zero-order valence-corrected chi connectivity index (χ0v) is 14.6. The van der Waals surface area contributed by atoms with Crippen molar-refractivity contribution in [2.24, 2.45) is 0 Å². The van der Waals surface area contributed by atoms with Gasteiger partial charge in [0.15, 0.2) is 0 Å². The summed E-state index contributed by atoms with van der Waals surface area (Å²) in [5.41, 5.74) is 0. The van der Waals surface area contributed by atoms with E-state index in [9.17, 15) is 5.11 Å². The Kier molecular flexibility index (Phi) is 7.53. The highest BCUT2D eigenvalue weighted by atomic mass is 32.2. The number of aliphatic hydroxyl groups excluding tert-OH is 1. The fourth-order valence-corrected chi connectivity index (χ4v) is 4.98. The lowest BCUT2D eigenvalue weighted by atomic mass is 10.2. The zero-order valence-electron chi connectivity index (χ0n) is 13.0. The highest BCUT2D eigenvalue weighted by Gasteiger charge is 2.20. The van der Waals surface area contributed by atoms with Gasteiger partial charge in [-0.2, -0.15) is 23.5 Å². The van der Waals surface area contributed by atoms with Crippen molar-refractivity contribution in [2.45, 2.75) is 43.3 Å². The van der Waals surface area contributed by atoms with Crippen LogP contribution in [0.1, 0.15) is 26.7 Å². The maximum atomic E-state index is 10.4. The van der Waals surface area contributed by atoms with Gasteiger partial charge in [0.25, 0.3) is 0 Å². The van der Waals surface area contributed by atoms with Crippen molar-refractivity contribution in [3.8, 4) is 0 Å². The summed E-state index contributed by atoms with van der Waals surface area (Å²) in [6.45, 7) is 10.9. The summed E-state index contributed by atoms with van der Waals surface area (Å²) in [6, 6.07) is 0. The fourth-order valence-electron chi connectivity index (χ4n) is 2.90. The van der Waals surface area contributed by atoms with Gasteiger partial charge in [0, 0.05) is 48.2 Å². The molecule has 0 aromatic carbocycles. The standard InChI is InChI=1S/C15H30N2OS2/c1-13-3-5-16(7-9-19-13)11-15(18)12-17-6-4-14(2)20-10-8-17/h13-15,18H,3-12H2,1-2H3/t13-,14-/m0/s1. The Balaban J connectivity index is 1.70. The van der Waals surface area contributed by atoms with Gasteiger partial charge >= 0.3 is 0 Å². The van der Waals surface area contributed by atoms with Gasteiger partial charge < -0.3 is 5.11 Å². The zero-order chi connectivity index (χ0) is 14.4. The molecule has 5 heteroatoms. The van der Waals surface area contributed by atoms with Crippen LogP contribution >= 0.6 is 23.5 Å². The summed E-state index contributed by atoms with van der Waals surface area (Å²) in [5, 5.41) is 11.9. The van der Waals surface area contributed by atoms with Crippen LogP contribution < -0.4 is 0 Å². The Morgan fingerprint density at radius 3 is 1.80 bits per heavy atom. The van der Waals surface area contributed by atoms with E-state index in [4.69, 9.17) is 0 Å². The van der Waals surface area contributed by atoms with Crippen LogP contribution in [-0.4, -0.2) is 82.3 Å². The van der Waals surface area contributed by atoms with E-state index in [-0.39, 0.29) is 6.10 Å². The van der Waals surface area contributed by atoms with Gasteiger partial charge in [-0.05, 0) is 25.9 Å². The molecule has 0 aliphatic carbocycles. The normalized spacial score (nSPS) is 31.2. The van der Waals surface area contributed by atoms with Gasteiger partial charge in [-0.1, -0.05) is 13.8 Å². The topological polar surface area (TPSA) is 26.7 Å². The lowest BCUT2D eigenvalue weighted by Crippen LogP contribution is -2.41. The summed E-state index contributed by atoms with van der Waals surface area (Å²) >= 11 is 4.14. The highest BCUT2D eigenvalue weighted by molar-refractivity contribution is 8.00. The molecule has 2 aliphatic rings. The van der Waals surface area contributed by atoms with Gasteiger partial charge in [-0.15, -0.1) is 0 Å². The van der Waals surface area contributed by atoms with Crippen LogP contribution in [0.3, 0.4) is 0 Å². The first kappa shape index (κ1) is 16.9. The monoisotopic (exact) mass is 318 g/mol. The molecule has 0 aromatic rings. The Hall–Kier alpha value is 0.580. The second kappa shape index (κ2) is 8.89. The summed E-state index contributed by atoms with van der Waals surface area (Å²) in [4.78, 5) is 4.91. The third-order valence-electron chi connectivity index (χ3n) is 4.26. The van der Waals surface area contributed by atoms with Crippen molar-refractivity contribution < 1.29 is 5.11 Å². The molecule has 2 rings (SSSR count). The molecular formula is C15H30N2OS2. The molecule has 0 saturated carbocycles. The van der Waals surface area contributed by atoms with Crippen molar-refractivity contribution >= 4 is 23.5 Å². The van der Waals surface area contributed by atoms with Gasteiger partial charge in [0.2, 0.25) is 0 Å². The maximum Gasteiger partial charge on any atom is 0.0793 e. The minimum absolute atomic E-state index is 0.188. The van der Waals surface area contributed by atoms with E-state index in [1.165, 1.54) is 24.3 Å². The van der Waals surface area contributed by atoms with Crippen LogP contribution in [0.5, 0.6) is 0 Å². The smallest absolute Gasteiger partial charge is 0.0793 e. The minimum Gasteiger partial charge on any atom is -0.390 e. The number of β-amino-alcohol motifs (C(OH)–C–C–N with tert-alkyl or cyclic N) is 1. The molecule has 2 aliphatic heterocycles. The number of hydrogen-bond donors (Lipinski definition) is 1. The van der Waals surface area contributed by atoms with E-state index in [0.717, 1.165) is 49.8 Å². The van der Waals surface area contributed by atoms with Gasteiger partial charge in [0.1, 0.15) is 0 Å². The Bertz CT molecular complexity index is 255. The molecule has 20 heavy (non-hydrogen) atoms. The van der Waals surface area contributed by atoms with Crippen molar-refractivity contribution in [2.75, 3.05) is 50.8 Å². The minimum atomic E-state index is -0.188. The average Bonchev–Trinajstić information content (AvgIpc) is 2.72. The molecule has 118 valence electrons. The molecule has 2 saturated heterocycles. The van der Waals surface area contributed by atoms with Gasteiger partial charge in [-0.25, -0.2) is 0 Å². The molecule has 2 heterocycles. The largest absolute Gasteiger partial charge is 0.390 e. The predicted molar refractivity (Wildman–Crippen MR) is 92.0 cm³/mol. The Labute approximate surface area is 132 Å². The molecule has 0 amide bonds. The summed E-state index contributed by atoms with van der Waals surface area (Å²) in [7, 11) is 0. The summed E-state index contributed by atoms with van der Waals surface area (Å²) in [6.07, 6.45) is 2.33. The fraction of sp³-hybridized carbons (Fsp3) is 1.00. The van der Waals surface area contributed by atoms with Gasteiger partial charge in [0.05, 0.1) is 6.10 Å². The molecule has 0 unspecified atom stereocenters. The van der Waals surface area contributed by atoms with Crippen LogP contribution in [0.4, 0.5) is 0 Å². The molecular weight excluding hydrogens is 288 g/mol. The van der Waals surface area contributed by atoms with E-state index >= 15 is 0 Å². The van der Waals surface area contributed by atoms with Crippen LogP contribution in [0.15, 0.2) is 0 Å². The Morgan fingerprint density at radius 2 is 1.35 bits per heavy atom. The lowest BCUT2D eigenvalue weighted by molar-refractivity contribution is 0.0782. The average molecular weight is 319 g/mol. The SMILES string of the molecule is C[C@H]1CCN(CC(O)CN2CCS[C@@H](C)CC2)CCS1. The molecule has 0 bridgehead atoms. The van der Waals surface area contributed by atoms with E-state index in [1.54, 1.807) is 0 Å². The molecule has 0 spiro atoms. The number of aliphatic hydroxyl groups is 1. The number of rotatable bonds is 4. The van der Waals surface area contributed by atoms with Crippen LogP contribution in [0, 0.1) is 0 Å². The third kappa shape index (κ3) is 6.14. The van der Waals surface area contributed by atoms with E-state index in [2.05, 4.69) is 47.2 Å². The molecule has 3 nitrogen and oxygen atoms in total. The van der Waals surface area contributed by atoms with Crippen molar-refractivity contribution in [1.29, 1.82) is 0 Å². The van der Waals surface area contributed by atoms with Crippen LogP contribution in [-0.2, 0) is 0 Å². The lowest BCUT2D eigenvalue weighted by Gasteiger charge is -2.27. The first-order valence-corrected chi connectivity index (χ1v) is 10.1. The third-order valence-corrected chi connectivity index (χ3v) is 6.71. The molecule has 2 atom stereocenters. The van der Waals surface area contributed by atoms with E-state index < -0.39 is 0 Å². The van der Waals surface area contributed by atoms with Crippen LogP contribution in [0.2, 0.25) is 0 Å². The highest BCUT2D eigenvalue weighted by Crippen LogP contribution is 2.20. The predicted octanol–water partition coefficient (Wildman–Crippen LogP) is 2.00. The first-order valence-electron chi connectivity index (χ1n) is 7.99. The van der Waals surface area contributed by atoms with Crippen molar-refractivity contribution in [3.63, 3.8) is 0 Å². The molecule has 0 aromatic heterocycles. The summed E-state index contributed by atoms with van der Waals surface area (Å²) in [5.74, 6) is 2.43. The van der Waals surface area contributed by atoms with Gasteiger partial charge in [-0.3, -0.25) is 9.80 Å². The molecule has 0 radical (unpaired) electrons. The quantitative estimate of drug-likeness (QED) is 0.855. The second-order valence-corrected chi connectivity index (χ2v) is 9.29. The summed E-state index contributed by atoms with van der Waals surface area (Å²) < 4.78 is 0. The molecule has 1 N–H and O–H groups in total. The number of nitrogens with zero attached hydrogens (tertiary/aromatic N) is 2.